The molecule has 1 atom stereocenters. The van der Waals surface area contributed by atoms with Crippen molar-refractivity contribution in [2.24, 2.45) is 17.1 Å². The minimum atomic E-state index is -0.576. The van der Waals surface area contributed by atoms with Gasteiger partial charge in [0.25, 0.3) is 0 Å². The highest BCUT2D eigenvalue weighted by atomic mass is 32.2. The fourth-order valence-corrected chi connectivity index (χ4v) is 6.93. The summed E-state index contributed by atoms with van der Waals surface area (Å²) in [5.41, 5.74) is 10.1. The highest BCUT2D eigenvalue weighted by molar-refractivity contribution is 8.01. The normalized spacial score (nSPS) is 17.8. The van der Waals surface area contributed by atoms with Gasteiger partial charge in [-0.25, -0.2) is 0 Å². The monoisotopic (exact) mass is 625 g/mol. The second kappa shape index (κ2) is 12.9. The molecular formula is C32H31N7O3S2. The Balaban J connectivity index is 1.37. The maximum Gasteiger partial charge on any atom is 0.234 e. The van der Waals surface area contributed by atoms with Crippen LogP contribution < -0.4 is 21.3 Å². The van der Waals surface area contributed by atoms with Gasteiger partial charge in [0.1, 0.15) is 5.82 Å². The molecule has 2 amide bonds. The lowest BCUT2D eigenvalue weighted by Crippen LogP contribution is -2.42. The largest absolute Gasteiger partial charge is 0.384 e. The number of allylic oxidation sites excluding steroid dienone is 4. The first-order valence-corrected chi connectivity index (χ1v) is 15.7. The van der Waals surface area contributed by atoms with Crippen LogP contribution in [0.4, 0.5) is 16.5 Å². The van der Waals surface area contributed by atoms with Crippen molar-refractivity contribution in [1.29, 1.82) is 5.26 Å². The van der Waals surface area contributed by atoms with Crippen LogP contribution in [0.25, 0.3) is 6.08 Å². The average molecular weight is 626 g/mol. The maximum atomic E-state index is 13.6. The number of thioether (sulfide) groups is 1. The fourth-order valence-electron chi connectivity index (χ4n) is 5.25. The molecule has 224 valence electrons. The number of hydrogen-bond donors (Lipinski definition) is 3. The van der Waals surface area contributed by atoms with Crippen LogP contribution in [0.15, 0.2) is 87.7 Å². The maximum absolute atomic E-state index is 13.6. The zero-order valence-electron chi connectivity index (χ0n) is 24.5. The summed E-state index contributed by atoms with van der Waals surface area (Å²) >= 11 is 2.46. The zero-order valence-corrected chi connectivity index (χ0v) is 26.1. The molecule has 0 spiro atoms. The van der Waals surface area contributed by atoms with Crippen molar-refractivity contribution in [1.82, 2.24) is 10.2 Å². The summed E-state index contributed by atoms with van der Waals surface area (Å²) in [5, 5.41) is 24.8. The van der Waals surface area contributed by atoms with Crippen molar-refractivity contribution in [2.75, 3.05) is 21.3 Å². The molecule has 5 rings (SSSR count). The van der Waals surface area contributed by atoms with Gasteiger partial charge in [0, 0.05) is 41.9 Å². The van der Waals surface area contributed by atoms with Crippen LogP contribution in [-0.4, -0.2) is 33.5 Å². The van der Waals surface area contributed by atoms with Crippen LogP contribution in [0.2, 0.25) is 0 Å². The summed E-state index contributed by atoms with van der Waals surface area (Å²) in [7, 11) is 0. The minimum absolute atomic E-state index is 0.0231. The van der Waals surface area contributed by atoms with Gasteiger partial charge in [-0.2, -0.15) is 5.26 Å². The van der Waals surface area contributed by atoms with Crippen LogP contribution in [0.3, 0.4) is 0 Å². The van der Waals surface area contributed by atoms with Gasteiger partial charge < -0.3 is 16.4 Å². The van der Waals surface area contributed by atoms with Gasteiger partial charge in [0.05, 0.1) is 17.4 Å². The predicted molar refractivity (Wildman–Crippen MR) is 173 cm³/mol. The average Bonchev–Trinajstić information content (AvgIpc) is 3.44. The molecule has 1 aromatic heterocycles. The first-order chi connectivity index (χ1) is 21.0. The van der Waals surface area contributed by atoms with Gasteiger partial charge in [-0.15, -0.1) is 10.2 Å². The minimum Gasteiger partial charge on any atom is -0.384 e. The number of aromatic nitrogens is 2. The molecule has 12 heteroatoms. The molecule has 44 heavy (non-hydrogen) atoms. The molecule has 4 N–H and O–H groups in total. The highest BCUT2D eigenvalue weighted by Crippen LogP contribution is 2.48. The molecule has 0 bridgehead atoms. The Hall–Kier alpha value is -4.73. The molecule has 0 fully saturated rings. The van der Waals surface area contributed by atoms with Crippen LogP contribution in [-0.2, 0) is 14.4 Å². The van der Waals surface area contributed by atoms with Crippen molar-refractivity contribution in [2.45, 2.75) is 38.0 Å². The molecule has 0 saturated carbocycles. The molecule has 3 aromatic rings. The Bertz CT molecular complexity index is 1730. The first kappa shape index (κ1) is 30.7. The summed E-state index contributed by atoms with van der Waals surface area (Å²) in [6, 6.07) is 18.8. The van der Waals surface area contributed by atoms with E-state index in [4.69, 9.17) is 5.73 Å². The van der Waals surface area contributed by atoms with E-state index in [1.54, 1.807) is 29.2 Å². The number of carbonyl (C=O) groups is 3. The van der Waals surface area contributed by atoms with E-state index in [0.717, 1.165) is 11.3 Å². The molecule has 10 nitrogen and oxygen atoms in total. The summed E-state index contributed by atoms with van der Waals surface area (Å²) in [4.78, 5) is 39.1. The Labute approximate surface area is 263 Å². The number of anilines is 3. The van der Waals surface area contributed by atoms with Crippen LogP contribution in [0.5, 0.6) is 0 Å². The van der Waals surface area contributed by atoms with Gasteiger partial charge in [-0.3, -0.25) is 19.3 Å². The number of carbonyl (C=O) groups excluding carboxylic acids is 3. The van der Waals surface area contributed by atoms with Crippen LogP contribution >= 0.6 is 23.1 Å². The smallest absolute Gasteiger partial charge is 0.234 e. The number of nitriles is 1. The van der Waals surface area contributed by atoms with E-state index in [1.807, 2.05) is 56.3 Å². The Kier molecular flexibility index (Phi) is 8.98. The van der Waals surface area contributed by atoms with E-state index in [9.17, 15) is 19.6 Å². The molecule has 0 saturated heterocycles. The van der Waals surface area contributed by atoms with E-state index >= 15 is 0 Å². The van der Waals surface area contributed by atoms with Gasteiger partial charge in [0.2, 0.25) is 16.9 Å². The van der Waals surface area contributed by atoms with Crippen LogP contribution in [0.1, 0.15) is 39.2 Å². The van der Waals surface area contributed by atoms with Crippen molar-refractivity contribution < 1.29 is 14.4 Å². The number of hydrogen-bond acceptors (Lipinski definition) is 10. The van der Waals surface area contributed by atoms with E-state index < -0.39 is 5.92 Å². The van der Waals surface area contributed by atoms with E-state index in [-0.39, 0.29) is 40.2 Å². The summed E-state index contributed by atoms with van der Waals surface area (Å²) in [5.74, 6) is -0.708. The lowest BCUT2D eigenvalue weighted by atomic mass is 9.70. The number of nitrogens with two attached hydrogens (primary N) is 1. The van der Waals surface area contributed by atoms with Gasteiger partial charge in [-0.05, 0) is 41.7 Å². The van der Waals surface area contributed by atoms with Gasteiger partial charge >= 0.3 is 0 Å². The van der Waals surface area contributed by atoms with E-state index in [1.165, 1.54) is 30.0 Å². The number of nitrogens with one attached hydrogen (secondary N) is 2. The van der Waals surface area contributed by atoms with Crippen molar-refractivity contribution in [3.8, 4) is 6.07 Å². The number of ketones is 1. The van der Waals surface area contributed by atoms with Crippen LogP contribution in [0, 0.1) is 22.7 Å². The standard InChI is InChI=1S/C32H31N7O3S2/c1-19(40)35-21-10-12-22(13-11-21)36-27(42)18-43-31-38-37-30(44-31)39-25-15-32(2,3)16-26(41)28(25)23(24(17-33)29(39)34)14-9-20-7-5-4-6-8-20/h4-14,23H,15-16,18,34H2,1-3H3,(H,35,40)(H,36,42)/b14-9+. The molecule has 1 aliphatic heterocycles. The molecule has 1 unspecified atom stereocenters. The second-order valence-corrected chi connectivity index (χ2v) is 13.4. The second-order valence-electron chi connectivity index (χ2n) is 11.2. The number of nitrogens with zero attached hydrogens (tertiary/aromatic N) is 4. The number of benzene rings is 2. The van der Waals surface area contributed by atoms with Crippen molar-refractivity contribution in [3.05, 3.63) is 88.9 Å². The third kappa shape index (κ3) is 6.90. The molecule has 2 aliphatic rings. The molecule has 2 aromatic carbocycles. The molecule has 0 radical (unpaired) electrons. The van der Waals surface area contributed by atoms with E-state index in [0.29, 0.717) is 39.3 Å². The third-order valence-electron chi connectivity index (χ3n) is 7.11. The Morgan fingerprint density at radius 3 is 2.45 bits per heavy atom. The van der Waals surface area contributed by atoms with E-state index in [2.05, 4.69) is 26.9 Å². The number of Topliss-reactive ketones (excluding diaryl/α,β-unsaturated/α-hetero) is 1. The fraction of sp³-hybridized carbons (Fsp3) is 0.250. The Morgan fingerprint density at radius 1 is 1.11 bits per heavy atom. The summed E-state index contributed by atoms with van der Waals surface area (Å²) in [6.07, 6.45) is 4.70. The lowest BCUT2D eigenvalue weighted by Gasteiger charge is -2.41. The molecule has 1 aliphatic carbocycles. The quantitative estimate of drug-likeness (QED) is 0.267. The molecular weight excluding hydrogens is 595 g/mol. The summed E-state index contributed by atoms with van der Waals surface area (Å²) < 4.78 is 0.539. The van der Waals surface area contributed by atoms with Gasteiger partial charge in [0.15, 0.2) is 10.1 Å². The lowest BCUT2D eigenvalue weighted by molar-refractivity contribution is -0.118. The highest BCUT2D eigenvalue weighted by Gasteiger charge is 2.44. The number of rotatable bonds is 8. The third-order valence-corrected chi connectivity index (χ3v) is 9.15. The molecule has 2 heterocycles. The topological polar surface area (TPSA) is 154 Å². The SMILES string of the molecule is CC(=O)Nc1ccc(NC(=O)CSc2nnc(N3C(N)=C(C#N)C(/C=C/c4ccccc4)C4=C3CC(C)(C)CC4=O)s2)cc1. The Morgan fingerprint density at radius 2 is 1.80 bits per heavy atom. The number of amides is 2. The van der Waals surface area contributed by atoms with Crippen molar-refractivity contribution >= 4 is 63.3 Å². The zero-order chi connectivity index (χ0) is 31.4. The summed E-state index contributed by atoms with van der Waals surface area (Å²) in [6.45, 7) is 5.50. The van der Waals surface area contributed by atoms with Gasteiger partial charge in [-0.1, -0.05) is 79.4 Å². The first-order valence-electron chi connectivity index (χ1n) is 13.9. The van der Waals surface area contributed by atoms with Crippen molar-refractivity contribution in [3.63, 3.8) is 0 Å². The predicted octanol–water partition coefficient (Wildman–Crippen LogP) is 5.71.